The lowest BCUT2D eigenvalue weighted by Crippen LogP contribution is -2.00. The number of hydrogen-bond acceptors (Lipinski definition) is 3. The molecule has 0 saturated heterocycles. The number of hydrogen-bond donors (Lipinski definition) is 1. The fourth-order valence-electron chi connectivity index (χ4n) is 2.45. The average molecular weight is 372 g/mol. The Hall–Kier alpha value is -4.77. The van der Waals surface area contributed by atoms with Gasteiger partial charge in [-0.15, -0.1) is 0 Å². The molecule has 134 valence electrons. The van der Waals surface area contributed by atoms with Crippen molar-refractivity contribution in [3.8, 4) is 35.8 Å². The topological polar surface area (TPSA) is 84.9 Å². The van der Waals surface area contributed by atoms with E-state index in [-0.39, 0.29) is 5.56 Å². The smallest absolute Gasteiger partial charge is 0.337 e. The Morgan fingerprint density at radius 1 is 0.621 bits per heavy atom. The Kier molecular flexibility index (Phi) is 5.73. The summed E-state index contributed by atoms with van der Waals surface area (Å²) in [6.07, 6.45) is 0. The Labute approximate surface area is 168 Å². The van der Waals surface area contributed by atoms with Crippen LogP contribution in [0.25, 0.3) is 0 Å². The third kappa shape index (κ3) is 4.90. The van der Waals surface area contributed by atoms with Gasteiger partial charge in [0.05, 0.1) is 28.8 Å². The molecule has 0 unspecified atom stereocenters. The number of carboxylic acid groups (broad SMARTS) is 1. The van der Waals surface area contributed by atoms with E-state index in [1.54, 1.807) is 60.7 Å². The maximum absolute atomic E-state index is 11.6. The third-order valence-electron chi connectivity index (χ3n) is 3.97. The molecule has 0 saturated carbocycles. The molecule has 0 bridgehead atoms. The molecular formula is C25H12N2O2. The summed E-state index contributed by atoms with van der Waals surface area (Å²) in [7, 11) is 0. The molecule has 0 amide bonds. The van der Waals surface area contributed by atoms with Gasteiger partial charge in [-0.3, -0.25) is 0 Å². The number of nitrogens with zero attached hydrogens (tertiary/aromatic N) is 2. The largest absolute Gasteiger partial charge is 0.478 e. The zero-order valence-corrected chi connectivity index (χ0v) is 15.1. The van der Waals surface area contributed by atoms with Crippen LogP contribution in [0.3, 0.4) is 0 Å². The van der Waals surface area contributed by atoms with E-state index in [0.29, 0.717) is 27.8 Å². The van der Waals surface area contributed by atoms with Gasteiger partial charge >= 0.3 is 5.97 Å². The van der Waals surface area contributed by atoms with E-state index in [2.05, 4.69) is 23.7 Å². The second-order valence-electron chi connectivity index (χ2n) is 5.94. The normalized spacial score (nSPS) is 9.03. The third-order valence-corrected chi connectivity index (χ3v) is 3.97. The van der Waals surface area contributed by atoms with E-state index >= 15 is 0 Å². The van der Waals surface area contributed by atoms with Gasteiger partial charge in [0, 0.05) is 22.3 Å². The highest BCUT2D eigenvalue weighted by molar-refractivity contribution is 5.91. The second-order valence-corrected chi connectivity index (χ2v) is 5.94. The number of aromatic carboxylic acids is 1. The van der Waals surface area contributed by atoms with Crippen molar-refractivity contribution in [3.05, 3.63) is 106 Å². The van der Waals surface area contributed by atoms with Gasteiger partial charge in [0.15, 0.2) is 0 Å². The fourth-order valence-corrected chi connectivity index (χ4v) is 2.45. The van der Waals surface area contributed by atoms with E-state index < -0.39 is 5.97 Å². The molecule has 0 fully saturated rings. The molecule has 0 aromatic heterocycles. The van der Waals surface area contributed by atoms with E-state index in [1.165, 1.54) is 6.07 Å². The van der Waals surface area contributed by atoms with Crippen molar-refractivity contribution in [2.45, 2.75) is 0 Å². The molecule has 0 radical (unpaired) electrons. The fraction of sp³-hybridized carbons (Fsp3) is 0. The van der Waals surface area contributed by atoms with E-state index in [9.17, 15) is 9.90 Å². The van der Waals surface area contributed by atoms with Gasteiger partial charge < -0.3 is 5.11 Å². The summed E-state index contributed by atoms with van der Waals surface area (Å²) in [5, 5.41) is 27.2. The lowest BCUT2D eigenvalue weighted by molar-refractivity contribution is 0.0696. The molecule has 0 aliphatic rings. The van der Waals surface area contributed by atoms with Crippen LogP contribution in [0.2, 0.25) is 0 Å². The lowest BCUT2D eigenvalue weighted by atomic mass is 10.0. The first-order valence-electron chi connectivity index (χ1n) is 8.51. The summed E-state index contributed by atoms with van der Waals surface area (Å²) in [6, 6.07) is 22.5. The number of carbonyl (C=O) groups is 1. The van der Waals surface area contributed by atoms with Gasteiger partial charge in [-0.1, -0.05) is 23.7 Å². The molecule has 0 aliphatic heterocycles. The Morgan fingerprint density at radius 3 is 1.52 bits per heavy atom. The highest BCUT2D eigenvalue weighted by atomic mass is 16.4. The van der Waals surface area contributed by atoms with Gasteiger partial charge in [-0.25, -0.2) is 4.79 Å². The van der Waals surface area contributed by atoms with Crippen LogP contribution < -0.4 is 0 Å². The number of rotatable bonds is 1. The predicted octanol–water partition coefficient (Wildman–Crippen LogP) is 3.93. The molecule has 0 spiro atoms. The Morgan fingerprint density at radius 2 is 1.03 bits per heavy atom. The first kappa shape index (κ1) is 19.0. The van der Waals surface area contributed by atoms with Crippen molar-refractivity contribution in [1.29, 1.82) is 10.5 Å². The van der Waals surface area contributed by atoms with E-state index in [0.717, 1.165) is 5.56 Å². The summed E-state index contributed by atoms with van der Waals surface area (Å²) in [4.78, 5) is 11.6. The summed E-state index contributed by atoms with van der Waals surface area (Å²) in [6.45, 7) is 0. The number of nitriles is 2. The SMILES string of the molecule is N#Cc1ccc(C#Cc2ccc(C#Cc3ccc(C#N)cc3)c(C(=O)O)c2)cc1. The average Bonchev–Trinajstić information content (AvgIpc) is 2.77. The van der Waals surface area contributed by atoms with Crippen molar-refractivity contribution in [2.75, 3.05) is 0 Å². The quantitative estimate of drug-likeness (QED) is 0.656. The summed E-state index contributed by atoms with van der Waals surface area (Å²) in [5.74, 6) is 10.6. The Balaban J connectivity index is 1.89. The van der Waals surface area contributed by atoms with Crippen molar-refractivity contribution in [3.63, 3.8) is 0 Å². The maximum atomic E-state index is 11.6. The molecule has 0 heterocycles. The zero-order valence-electron chi connectivity index (χ0n) is 15.1. The van der Waals surface area contributed by atoms with E-state index in [4.69, 9.17) is 10.5 Å². The van der Waals surface area contributed by atoms with E-state index in [1.807, 2.05) is 12.1 Å². The predicted molar refractivity (Wildman–Crippen MR) is 108 cm³/mol. The zero-order chi connectivity index (χ0) is 20.6. The summed E-state index contributed by atoms with van der Waals surface area (Å²) in [5.41, 5.74) is 3.50. The second kappa shape index (κ2) is 8.75. The van der Waals surface area contributed by atoms with Crippen LogP contribution in [0.4, 0.5) is 0 Å². The van der Waals surface area contributed by atoms with Crippen LogP contribution in [0.15, 0.2) is 66.7 Å². The molecule has 1 N–H and O–H groups in total. The van der Waals surface area contributed by atoms with Crippen molar-refractivity contribution in [1.82, 2.24) is 0 Å². The van der Waals surface area contributed by atoms with Gasteiger partial charge in [0.25, 0.3) is 0 Å². The van der Waals surface area contributed by atoms with Crippen molar-refractivity contribution < 1.29 is 9.90 Å². The van der Waals surface area contributed by atoms with Gasteiger partial charge in [0.1, 0.15) is 0 Å². The number of benzene rings is 3. The molecule has 3 rings (SSSR count). The molecule has 0 atom stereocenters. The van der Waals surface area contributed by atoms with Crippen LogP contribution in [0, 0.1) is 46.3 Å². The standard InChI is InChI=1S/C25H12N2O2/c26-16-21-7-2-18(3-8-21)1-6-20-12-14-23(24(15-20)25(28)29)13-11-19-4-9-22(17-27)10-5-19/h2-5,7-10,12,14-15H,(H,28,29). The van der Waals surface area contributed by atoms with Gasteiger partial charge in [0.2, 0.25) is 0 Å². The van der Waals surface area contributed by atoms with Crippen molar-refractivity contribution >= 4 is 5.97 Å². The molecular weight excluding hydrogens is 360 g/mol. The maximum Gasteiger partial charge on any atom is 0.337 e. The first-order valence-corrected chi connectivity index (χ1v) is 8.51. The highest BCUT2D eigenvalue weighted by Gasteiger charge is 2.09. The van der Waals surface area contributed by atoms with Gasteiger partial charge in [-0.2, -0.15) is 10.5 Å². The molecule has 4 heteroatoms. The molecule has 3 aromatic rings. The minimum Gasteiger partial charge on any atom is -0.478 e. The van der Waals surface area contributed by atoms with Crippen LogP contribution in [0.1, 0.15) is 43.7 Å². The molecule has 0 aliphatic carbocycles. The number of carboxylic acids is 1. The molecule has 4 nitrogen and oxygen atoms in total. The van der Waals surface area contributed by atoms with Crippen LogP contribution in [-0.2, 0) is 0 Å². The highest BCUT2D eigenvalue weighted by Crippen LogP contribution is 2.12. The minimum absolute atomic E-state index is 0.0674. The minimum atomic E-state index is -1.09. The van der Waals surface area contributed by atoms with Crippen LogP contribution in [-0.4, -0.2) is 11.1 Å². The first-order chi connectivity index (χ1) is 14.1. The van der Waals surface area contributed by atoms with Crippen LogP contribution >= 0.6 is 0 Å². The summed E-state index contributed by atoms with van der Waals surface area (Å²) < 4.78 is 0. The summed E-state index contributed by atoms with van der Waals surface area (Å²) >= 11 is 0. The van der Waals surface area contributed by atoms with Crippen molar-refractivity contribution in [2.24, 2.45) is 0 Å². The lowest BCUT2D eigenvalue weighted by Gasteiger charge is -2.00. The monoisotopic (exact) mass is 372 g/mol. The van der Waals surface area contributed by atoms with Crippen LogP contribution in [0.5, 0.6) is 0 Å². The molecule has 3 aromatic carbocycles. The Bertz CT molecular complexity index is 1280. The molecule has 29 heavy (non-hydrogen) atoms. The van der Waals surface area contributed by atoms with Gasteiger partial charge in [-0.05, 0) is 66.7 Å².